The predicted octanol–water partition coefficient (Wildman–Crippen LogP) is 2.58. The summed E-state index contributed by atoms with van der Waals surface area (Å²) in [6.07, 6.45) is 5.27. The zero-order chi connectivity index (χ0) is 15.0. The Morgan fingerprint density at radius 1 is 1.32 bits per heavy atom. The molecule has 2 unspecified atom stereocenters. The molecule has 6 nitrogen and oxygen atoms in total. The molecule has 0 spiro atoms. The number of aromatic nitrogens is 2. The Balaban J connectivity index is 1.49. The minimum absolute atomic E-state index is 0.199. The number of aromatic carboxylic acids is 1. The first-order chi connectivity index (χ1) is 10.6. The van der Waals surface area contributed by atoms with E-state index in [4.69, 9.17) is 0 Å². The number of nitrogens with one attached hydrogen (secondary N) is 1. The summed E-state index contributed by atoms with van der Waals surface area (Å²) < 4.78 is 0. The van der Waals surface area contributed by atoms with E-state index < -0.39 is 5.97 Å². The van der Waals surface area contributed by atoms with E-state index in [1.54, 1.807) is 0 Å². The molecule has 2 atom stereocenters. The molecule has 1 aromatic heterocycles. The van der Waals surface area contributed by atoms with Gasteiger partial charge in [0.05, 0.1) is 17.0 Å². The third kappa shape index (κ3) is 1.47. The summed E-state index contributed by atoms with van der Waals surface area (Å²) in [7, 11) is 0. The first-order valence-corrected chi connectivity index (χ1v) is 7.67. The van der Waals surface area contributed by atoms with Crippen LogP contribution >= 0.6 is 0 Å². The van der Waals surface area contributed by atoms with Crippen molar-refractivity contribution in [1.29, 1.82) is 0 Å². The van der Waals surface area contributed by atoms with Gasteiger partial charge in [-0.25, -0.2) is 14.8 Å². The number of aliphatic hydroxyl groups excluding tert-OH is 1. The van der Waals surface area contributed by atoms with Crippen LogP contribution in [0.3, 0.4) is 0 Å². The van der Waals surface area contributed by atoms with Gasteiger partial charge >= 0.3 is 5.97 Å². The molecule has 2 saturated carbocycles. The van der Waals surface area contributed by atoms with E-state index in [-0.39, 0.29) is 11.5 Å². The Bertz CT molecular complexity index is 792. The fraction of sp³-hybridized carbons (Fsp3) is 0.438. The van der Waals surface area contributed by atoms with E-state index in [1.807, 2.05) is 0 Å². The number of carboxylic acid groups (broad SMARTS) is 1. The minimum Gasteiger partial charge on any atom is -0.512 e. The maximum absolute atomic E-state index is 11.3. The van der Waals surface area contributed by atoms with E-state index in [0.29, 0.717) is 29.2 Å². The van der Waals surface area contributed by atoms with Gasteiger partial charge < -0.3 is 15.5 Å². The van der Waals surface area contributed by atoms with Crippen LogP contribution in [0.25, 0.3) is 0 Å². The molecule has 1 aromatic rings. The number of anilines is 1. The fourth-order valence-corrected chi connectivity index (χ4v) is 3.99. The number of carboxylic acids is 1. The number of allylic oxidation sites excluding steroid dienone is 3. The quantitative estimate of drug-likeness (QED) is 0.790. The average molecular weight is 297 g/mol. The number of hydrogen-bond donors (Lipinski definition) is 3. The molecule has 112 valence electrons. The molecule has 6 rings (SSSR count). The van der Waals surface area contributed by atoms with Crippen molar-refractivity contribution in [2.24, 2.45) is 11.8 Å². The summed E-state index contributed by atoms with van der Waals surface area (Å²) in [6.45, 7) is 0. The maximum atomic E-state index is 11.3. The van der Waals surface area contributed by atoms with Crippen LogP contribution < -0.4 is 5.32 Å². The van der Waals surface area contributed by atoms with Gasteiger partial charge in [-0.3, -0.25) is 0 Å². The molecular weight excluding hydrogens is 282 g/mol. The largest absolute Gasteiger partial charge is 0.512 e. The van der Waals surface area contributed by atoms with Gasteiger partial charge in [-0.05, 0) is 30.8 Å². The summed E-state index contributed by atoms with van der Waals surface area (Å²) in [4.78, 5) is 19.8. The highest BCUT2D eigenvalue weighted by molar-refractivity contribution is 5.89. The first-order valence-electron chi connectivity index (χ1n) is 7.67. The van der Waals surface area contributed by atoms with Crippen molar-refractivity contribution in [3.8, 4) is 0 Å². The molecule has 4 bridgehead atoms. The second kappa shape index (κ2) is 3.88. The Labute approximate surface area is 126 Å². The van der Waals surface area contributed by atoms with Gasteiger partial charge in [0.15, 0.2) is 0 Å². The SMILES string of the molecule is O=C(O)c1cnc(NC2=C3C4CC(O)=C2C3C4)nc1C1CC1. The Kier molecular flexibility index (Phi) is 2.15. The average Bonchev–Trinajstić information content (AvgIpc) is 3.29. The lowest BCUT2D eigenvalue weighted by atomic mass is 9.51. The summed E-state index contributed by atoms with van der Waals surface area (Å²) in [5, 5.41) is 22.5. The van der Waals surface area contributed by atoms with Gasteiger partial charge in [-0.15, -0.1) is 0 Å². The molecule has 6 heteroatoms. The van der Waals surface area contributed by atoms with Crippen LogP contribution in [0.1, 0.15) is 47.7 Å². The molecule has 22 heavy (non-hydrogen) atoms. The molecule has 2 fully saturated rings. The third-order valence-electron chi connectivity index (χ3n) is 5.24. The maximum Gasteiger partial charge on any atom is 0.339 e. The monoisotopic (exact) mass is 297 g/mol. The van der Waals surface area contributed by atoms with Crippen molar-refractivity contribution in [1.82, 2.24) is 9.97 Å². The molecule has 0 amide bonds. The zero-order valence-corrected chi connectivity index (χ0v) is 11.8. The highest BCUT2D eigenvalue weighted by Crippen LogP contribution is 2.63. The zero-order valence-electron chi connectivity index (χ0n) is 11.8. The second-order valence-electron chi connectivity index (χ2n) is 6.58. The van der Waals surface area contributed by atoms with Crippen molar-refractivity contribution in [2.75, 3.05) is 5.32 Å². The molecule has 0 saturated heterocycles. The lowest BCUT2D eigenvalue weighted by molar-refractivity contribution is 0.0694. The fourth-order valence-electron chi connectivity index (χ4n) is 3.99. The van der Waals surface area contributed by atoms with E-state index in [9.17, 15) is 15.0 Å². The summed E-state index contributed by atoms with van der Waals surface area (Å²) in [5.74, 6) is 1.09. The van der Waals surface area contributed by atoms with Gasteiger partial charge in [0.2, 0.25) is 5.95 Å². The van der Waals surface area contributed by atoms with Crippen LogP contribution in [-0.2, 0) is 0 Å². The van der Waals surface area contributed by atoms with Crippen LogP contribution in [0.5, 0.6) is 0 Å². The molecular formula is C16H15N3O3. The van der Waals surface area contributed by atoms with Crippen LogP contribution in [-0.4, -0.2) is 26.2 Å². The number of carbonyl (C=O) groups is 1. The van der Waals surface area contributed by atoms with Crippen LogP contribution in [0.4, 0.5) is 5.95 Å². The molecule has 5 aliphatic carbocycles. The third-order valence-corrected chi connectivity index (χ3v) is 5.24. The molecule has 3 N–H and O–H groups in total. The van der Waals surface area contributed by atoms with Gasteiger partial charge in [0, 0.05) is 35.7 Å². The topological polar surface area (TPSA) is 95.3 Å². The Morgan fingerprint density at radius 2 is 2.14 bits per heavy atom. The van der Waals surface area contributed by atoms with Crippen molar-refractivity contribution >= 4 is 11.9 Å². The minimum atomic E-state index is -0.974. The van der Waals surface area contributed by atoms with Crippen molar-refractivity contribution in [3.63, 3.8) is 0 Å². The number of hydrogen-bond acceptors (Lipinski definition) is 5. The smallest absolute Gasteiger partial charge is 0.339 e. The van der Waals surface area contributed by atoms with E-state index in [0.717, 1.165) is 37.0 Å². The molecule has 1 heterocycles. The van der Waals surface area contributed by atoms with E-state index in [2.05, 4.69) is 15.3 Å². The summed E-state index contributed by atoms with van der Waals surface area (Å²) in [6, 6.07) is 0. The normalized spacial score (nSPS) is 28.2. The molecule has 0 radical (unpaired) electrons. The molecule has 0 aliphatic heterocycles. The van der Waals surface area contributed by atoms with Crippen LogP contribution in [0.15, 0.2) is 28.8 Å². The van der Waals surface area contributed by atoms with Crippen molar-refractivity contribution < 1.29 is 15.0 Å². The number of nitrogens with zero attached hydrogens (tertiary/aromatic N) is 2. The van der Waals surface area contributed by atoms with Gasteiger partial charge in [-0.2, -0.15) is 0 Å². The first kappa shape index (κ1) is 12.2. The number of aliphatic hydroxyl groups is 1. The predicted molar refractivity (Wildman–Crippen MR) is 77.5 cm³/mol. The van der Waals surface area contributed by atoms with Gasteiger partial charge in [0.1, 0.15) is 0 Å². The lowest BCUT2D eigenvalue weighted by Crippen LogP contribution is -2.46. The standard InChI is InChI=1S/C16H15N3O3/c20-10-4-7-3-8-11(7)14(12(8)10)19-16-17-5-9(15(21)22)13(18-16)6-1-2-6/h5-8,20H,1-4H2,(H,21,22)(H,17,18,19). The molecule has 5 aliphatic rings. The highest BCUT2D eigenvalue weighted by atomic mass is 16.4. The van der Waals surface area contributed by atoms with Crippen LogP contribution in [0.2, 0.25) is 0 Å². The van der Waals surface area contributed by atoms with Crippen molar-refractivity contribution in [3.05, 3.63) is 40.1 Å². The number of fused-ring (bicyclic) bond motifs is 1. The summed E-state index contributed by atoms with van der Waals surface area (Å²) in [5.41, 5.74) is 4.19. The van der Waals surface area contributed by atoms with Gasteiger partial charge in [-0.1, -0.05) is 0 Å². The number of rotatable bonds is 4. The molecule has 0 aromatic carbocycles. The highest BCUT2D eigenvalue weighted by Gasteiger charge is 2.54. The lowest BCUT2D eigenvalue weighted by Gasteiger charge is -2.54. The van der Waals surface area contributed by atoms with Gasteiger partial charge in [0.25, 0.3) is 0 Å². The Morgan fingerprint density at radius 3 is 2.77 bits per heavy atom. The van der Waals surface area contributed by atoms with Crippen LogP contribution in [0, 0.1) is 11.8 Å². The Hall–Kier alpha value is -2.37. The van der Waals surface area contributed by atoms with E-state index >= 15 is 0 Å². The van der Waals surface area contributed by atoms with Crippen molar-refractivity contribution in [2.45, 2.75) is 31.6 Å². The second-order valence-corrected chi connectivity index (χ2v) is 6.58. The van der Waals surface area contributed by atoms with E-state index in [1.165, 1.54) is 11.8 Å². The summed E-state index contributed by atoms with van der Waals surface area (Å²) >= 11 is 0.